The van der Waals surface area contributed by atoms with Gasteiger partial charge in [0.15, 0.2) is 11.9 Å². The molecule has 198 valence electrons. The van der Waals surface area contributed by atoms with E-state index in [0.29, 0.717) is 16.3 Å². The third-order valence-corrected chi connectivity index (χ3v) is 7.32. The lowest BCUT2D eigenvalue weighted by atomic mass is 9.97. The van der Waals surface area contributed by atoms with Gasteiger partial charge in [0.2, 0.25) is 0 Å². The first-order chi connectivity index (χ1) is 17.5. The van der Waals surface area contributed by atoms with E-state index in [4.69, 9.17) is 17.3 Å². The van der Waals surface area contributed by atoms with Crippen LogP contribution in [0.25, 0.3) is 0 Å². The van der Waals surface area contributed by atoms with Gasteiger partial charge in [-0.05, 0) is 62.0 Å². The average Bonchev–Trinajstić information content (AvgIpc) is 3.56. The van der Waals surface area contributed by atoms with Crippen molar-refractivity contribution in [1.82, 2.24) is 20.5 Å². The van der Waals surface area contributed by atoms with Crippen molar-refractivity contribution in [2.75, 3.05) is 6.54 Å². The Balaban J connectivity index is 1.61. The number of carbonyl (C=O) groups is 1. The van der Waals surface area contributed by atoms with Crippen molar-refractivity contribution in [2.45, 2.75) is 57.2 Å². The Morgan fingerprint density at radius 2 is 1.97 bits per heavy atom. The van der Waals surface area contributed by atoms with Crippen LogP contribution in [0.3, 0.4) is 0 Å². The molecule has 0 radical (unpaired) electrons. The van der Waals surface area contributed by atoms with Gasteiger partial charge in [-0.2, -0.15) is 18.3 Å². The maximum atomic E-state index is 14.1. The minimum Gasteiger partial charge on any atom is -0.383 e. The van der Waals surface area contributed by atoms with Gasteiger partial charge >= 0.3 is 6.18 Å². The fourth-order valence-electron chi connectivity index (χ4n) is 4.91. The fourth-order valence-corrected chi connectivity index (χ4v) is 5.04. The molecule has 0 saturated heterocycles. The Morgan fingerprint density at radius 1 is 1.30 bits per heavy atom. The summed E-state index contributed by atoms with van der Waals surface area (Å²) >= 11 is 6.11. The van der Waals surface area contributed by atoms with E-state index in [9.17, 15) is 23.1 Å². The largest absolute Gasteiger partial charge is 0.416 e. The monoisotopic (exact) mass is 536 g/mol. The van der Waals surface area contributed by atoms with Crippen LogP contribution in [0.2, 0.25) is 5.02 Å². The number of nitrogens with one attached hydrogen (secondary N) is 2. The maximum Gasteiger partial charge on any atom is 0.416 e. The summed E-state index contributed by atoms with van der Waals surface area (Å²) in [7, 11) is 0. The predicted molar refractivity (Wildman–Crippen MR) is 133 cm³/mol. The molecule has 0 aromatic heterocycles. The summed E-state index contributed by atoms with van der Waals surface area (Å²) in [6.45, 7) is 2.98. The zero-order chi connectivity index (χ0) is 26.6. The lowest BCUT2D eigenvalue weighted by molar-refractivity contribution is -0.201. The van der Waals surface area contributed by atoms with E-state index in [1.165, 1.54) is 0 Å². The minimum atomic E-state index is -4.81. The summed E-state index contributed by atoms with van der Waals surface area (Å²) in [6, 6.07) is 5.32. The number of fused-ring (bicyclic) bond motifs is 1. The Bertz CT molecular complexity index is 1220. The van der Waals surface area contributed by atoms with Crippen LogP contribution in [0, 0.1) is 5.92 Å². The second-order valence-electron chi connectivity index (χ2n) is 9.79. The zero-order valence-electron chi connectivity index (χ0n) is 20.3. The van der Waals surface area contributed by atoms with E-state index in [2.05, 4.69) is 15.8 Å². The molecule has 8 nitrogen and oxygen atoms in total. The highest BCUT2D eigenvalue weighted by Gasteiger charge is 2.48. The smallest absolute Gasteiger partial charge is 0.383 e. The molecule has 5 rings (SSSR count). The fraction of sp³-hybridized carbons (Fsp3) is 0.440. The summed E-state index contributed by atoms with van der Waals surface area (Å²) in [4.78, 5) is 17.5. The third kappa shape index (κ3) is 4.71. The number of nitrogens with two attached hydrogens (primary N) is 1. The van der Waals surface area contributed by atoms with Gasteiger partial charge in [-0.25, -0.2) is 0 Å². The van der Waals surface area contributed by atoms with Gasteiger partial charge in [-0.1, -0.05) is 23.7 Å². The Kier molecular flexibility index (Phi) is 6.49. The van der Waals surface area contributed by atoms with Crippen molar-refractivity contribution < 1.29 is 23.1 Å². The molecule has 4 aliphatic rings. The number of amidine groups is 1. The summed E-state index contributed by atoms with van der Waals surface area (Å²) in [6.07, 6.45) is -2.29. The minimum absolute atomic E-state index is 0.0632. The zero-order valence-corrected chi connectivity index (χ0v) is 21.0. The molecule has 1 amide bonds. The number of allylic oxidation sites excluding steroid dienone is 1. The lowest BCUT2D eigenvalue weighted by Crippen LogP contribution is -2.41. The normalized spacial score (nSPS) is 25.4. The van der Waals surface area contributed by atoms with Crippen molar-refractivity contribution in [3.8, 4) is 0 Å². The predicted octanol–water partition coefficient (Wildman–Crippen LogP) is 3.09. The first kappa shape index (κ1) is 25.6. The molecule has 1 aromatic rings. The molecule has 12 heteroatoms. The summed E-state index contributed by atoms with van der Waals surface area (Å²) in [5.41, 5.74) is 12.0. The molecule has 1 saturated carbocycles. The molecule has 1 unspecified atom stereocenters. The number of amides is 1. The van der Waals surface area contributed by atoms with Gasteiger partial charge in [-0.3, -0.25) is 15.1 Å². The van der Waals surface area contributed by atoms with Crippen LogP contribution in [0.15, 0.2) is 64.2 Å². The number of hydrazone groups is 1. The second-order valence-corrected chi connectivity index (χ2v) is 10.2. The molecule has 1 aliphatic carbocycles. The van der Waals surface area contributed by atoms with Crippen molar-refractivity contribution in [1.29, 1.82) is 0 Å². The first-order valence-corrected chi connectivity index (χ1v) is 12.4. The van der Waals surface area contributed by atoms with Crippen LogP contribution >= 0.6 is 11.6 Å². The number of aliphatic hydroxyl groups excluding tert-OH is 1. The number of hydrogen-bond acceptors (Lipinski definition) is 7. The van der Waals surface area contributed by atoms with E-state index < -0.39 is 30.9 Å². The Morgan fingerprint density at radius 3 is 2.59 bits per heavy atom. The molecule has 3 aliphatic heterocycles. The summed E-state index contributed by atoms with van der Waals surface area (Å²) in [5.74, 6) is 0.396. The Labute approximate surface area is 217 Å². The number of nitrogens with zero attached hydrogens (tertiary/aromatic N) is 3. The third-order valence-electron chi connectivity index (χ3n) is 7.07. The summed E-state index contributed by atoms with van der Waals surface area (Å²) in [5, 5.41) is 17.3. The highest BCUT2D eigenvalue weighted by atomic mass is 35.5. The van der Waals surface area contributed by atoms with E-state index in [-0.39, 0.29) is 29.3 Å². The van der Waals surface area contributed by atoms with Crippen LogP contribution in [0.4, 0.5) is 13.2 Å². The topological polar surface area (TPSA) is 106 Å². The molecule has 5 N–H and O–H groups in total. The number of benzene rings is 1. The molecular formula is C25H28ClF3N6O2. The van der Waals surface area contributed by atoms with Crippen LogP contribution in [0.5, 0.6) is 0 Å². The van der Waals surface area contributed by atoms with E-state index in [0.717, 1.165) is 24.3 Å². The van der Waals surface area contributed by atoms with Crippen molar-refractivity contribution in [3.05, 3.63) is 69.7 Å². The SMILES string of the molecule is CC1=CC(N2C(=O)C(C(N)C3CC3)=C(NC[C@@H](O)C(F)(F)F)[C@H]2c2ccc(Cl)cc2)=CN2C1=NN[C@H]2C. The summed E-state index contributed by atoms with van der Waals surface area (Å²) < 4.78 is 39.5. The van der Waals surface area contributed by atoms with Crippen molar-refractivity contribution in [3.63, 3.8) is 0 Å². The van der Waals surface area contributed by atoms with Crippen LogP contribution in [-0.2, 0) is 4.79 Å². The van der Waals surface area contributed by atoms with Crippen LogP contribution in [-0.4, -0.2) is 57.7 Å². The molecule has 1 aromatic carbocycles. The molecule has 0 bridgehead atoms. The quantitative estimate of drug-likeness (QED) is 0.427. The van der Waals surface area contributed by atoms with Gasteiger partial charge in [-0.15, -0.1) is 0 Å². The lowest BCUT2D eigenvalue weighted by Gasteiger charge is -2.33. The van der Waals surface area contributed by atoms with Gasteiger partial charge in [0.25, 0.3) is 5.91 Å². The van der Waals surface area contributed by atoms with E-state index in [1.807, 2.05) is 24.8 Å². The highest BCUT2D eigenvalue weighted by molar-refractivity contribution is 6.30. The van der Waals surface area contributed by atoms with Crippen LogP contribution in [0.1, 0.15) is 38.3 Å². The molecule has 3 heterocycles. The van der Waals surface area contributed by atoms with Gasteiger partial charge in [0, 0.05) is 29.5 Å². The average molecular weight is 537 g/mol. The molecule has 4 atom stereocenters. The first-order valence-electron chi connectivity index (χ1n) is 12.1. The molecule has 1 fully saturated rings. The highest BCUT2D eigenvalue weighted by Crippen LogP contribution is 2.45. The molecule has 0 spiro atoms. The van der Waals surface area contributed by atoms with E-state index >= 15 is 0 Å². The number of aliphatic hydroxyl groups is 1. The standard InChI is InChI=1S/C25H28ClF3N6O2/c1-12-9-17(11-34-13(2)32-33-23(12)34)35-22(15-5-7-16(26)8-6-15)21(31-10-18(36)25(27,28)29)19(24(35)37)20(30)14-3-4-14/h5-9,11,13-14,18,20,22,31-32,36H,3-4,10,30H2,1-2H3/t13-,18-,20?,22-/m1/s1. The second kappa shape index (κ2) is 9.38. The van der Waals surface area contributed by atoms with Crippen LogP contribution < -0.4 is 16.5 Å². The Hall–Kier alpha value is -3.02. The molecule has 37 heavy (non-hydrogen) atoms. The number of halogens is 4. The maximum absolute atomic E-state index is 14.1. The van der Waals surface area contributed by atoms with Crippen molar-refractivity contribution >= 4 is 23.3 Å². The van der Waals surface area contributed by atoms with Gasteiger partial charge < -0.3 is 21.1 Å². The number of carbonyl (C=O) groups excluding carboxylic acids is 1. The van der Waals surface area contributed by atoms with Gasteiger partial charge in [0.1, 0.15) is 12.2 Å². The number of hydrogen-bond donors (Lipinski definition) is 4. The molecular weight excluding hydrogens is 509 g/mol. The number of alkyl halides is 3. The van der Waals surface area contributed by atoms with Gasteiger partial charge in [0.05, 0.1) is 11.3 Å². The number of rotatable bonds is 7. The van der Waals surface area contributed by atoms with Crippen molar-refractivity contribution in [2.24, 2.45) is 16.8 Å². The van der Waals surface area contributed by atoms with E-state index in [1.54, 1.807) is 35.4 Å².